The molecule has 0 unspecified atom stereocenters. The normalized spacial score (nSPS) is 14.5. The summed E-state index contributed by atoms with van der Waals surface area (Å²) in [4.78, 5) is 29.8. The second kappa shape index (κ2) is 7.56. The monoisotopic (exact) mass is 384 g/mol. The fraction of sp³-hybridized carbons (Fsp3) is 0.238. The number of amides is 2. The SMILES string of the molecule is CC(C)SC1=C(c2ccc(F)cc2)C(=O)N(c2cccc(N(C)C)c2)C1=O. The van der Waals surface area contributed by atoms with Gasteiger partial charge in [-0.3, -0.25) is 9.59 Å². The number of halogens is 1. The zero-order valence-corrected chi connectivity index (χ0v) is 16.5. The molecule has 2 aromatic rings. The van der Waals surface area contributed by atoms with Crippen molar-refractivity contribution in [1.82, 2.24) is 0 Å². The fourth-order valence-electron chi connectivity index (χ4n) is 2.87. The molecule has 1 aliphatic heterocycles. The summed E-state index contributed by atoms with van der Waals surface area (Å²) >= 11 is 1.35. The standard InChI is InChI=1S/C21H21FN2O2S/c1-13(2)27-19-18(14-8-10-15(22)11-9-14)20(25)24(21(19)26)17-7-5-6-16(12-17)23(3)4/h5-13H,1-4H3. The average Bonchev–Trinajstić information content (AvgIpc) is 2.85. The third kappa shape index (κ3) is 3.76. The van der Waals surface area contributed by atoms with Crippen LogP contribution in [0.3, 0.4) is 0 Å². The first kappa shape index (κ1) is 19.2. The average molecular weight is 384 g/mol. The van der Waals surface area contributed by atoms with Crippen molar-refractivity contribution in [3.8, 4) is 0 Å². The van der Waals surface area contributed by atoms with Crippen LogP contribution in [0.4, 0.5) is 15.8 Å². The van der Waals surface area contributed by atoms with Gasteiger partial charge in [0, 0.05) is 25.0 Å². The van der Waals surface area contributed by atoms with Gasteiger partial charge in [0.2, 0.25) is 0 Å². The molecule has 0 aromatic heterocycles. The lowest BCUT2D eigenvalue weighted by atomic mass is 10.1. The molecule has 0 saturated carbocycles. The van der Waals surface area contributed by atoms with Gasteiger partial charge < -0.3 is 4.90 Å². The summed E-state index contributed by atoms with van der Waals surface area (Å²) in [5, 5.41) is 0.125. The van der Waals surface area contributed by atoms with Crippen molar-refractivity contribution in [2.24, 2.45) is 0 Å². The second-order valence-corrected chi connectivity index (χ2v) is 8.32. The molecule has 0 spiro atoms. The Hall–Kier alpha value is -2.60. The van der Waals surface area contributed by atoms with Gasteiger partial charge in [0.15, 0.2) is 0 Å². The highest BCUT2D eigenvalue weighted by molar-refractivity contribution is 8.04. The lowest BCUT2D eigenvalue weighted by molar-refractivity contribution is -0.119. The van der Waals surface area contributed by atoms with Crippen LogP contribution in [-0.2, 0) is 9.59 Å². The first-order chi connectivity index (χ1) is 12.8. The second-order valence-electron chi connectivity index (χ2n) is 6.74. The molecule has 140 valence electrons. The quantitative estimate of drug-likeness (QED) is 0.720. The van der Waals surface area contributed by atoms with E-state index in [4.69, 9.17) is 0 Å². The van der Waals surface area contributed by atoms with Crippen molar-refractivity contribution < 1.29 is 14.0 Å². The molecule has 1 aliphatic rings. The maximum Gasteiger partial charge on any atom is 0.272 e. The van der Waals surface area contributed by atoms with Crippen LogP contribution >= 0.6 is 11.8 Å². The summed E-state index contributed by atoms with van der Waals surface area (Å²) in [5.41, 5.74) is 2.29. The molecule has 0 atom stereocenters. The van der Waals surface area contributed by atoms with Crippen LogP contribution in [-0.4, -0.2) is 31.2 Å². The van der Waals surface area contributed by atoms with Crippen molar-refractivity contribution in [2.75, 3.05) is 23.9 Å². The van der Waals surface area contributed by atoms with Crippen molar-refractivity contribution >= 4 is 40.5 Å². The minimum absolute atomic E-state index is 0.125. The Bertz CT molecular complexity index is 920. The van der Waals surface area contributed by atoms with Gasteiger partial charge in [-0.1, -0.05) is 32.0 Å². The van der Waals surface area contributed by atoms with Crippen molar-refractivity contribution in [3.05, 3.63) is 64.8 Å². The molecule has 1 heterocycles. The van der Waals surface area contributed by atoms with Gasteiger partial charge in [-0.15, -0.1) is 11.8 Å². The zero-order valence-electron chi connectivity index (χ0n) is 15.7. The molecule has 6 heteroatoms. The summed E-state index contributed by atoms with van der Waals surface area (Å²) in [7, 11) is 3.80. The van der Waals surface area contributed by atoms with E-state index in [9.17, 15) is 14.0 Å². The van der Waals surface area contributed by atoms with Crippen LogP contribution in [0.1, 0.15) is 19.4 Å². The third-order valence-electron chi connectivity index (χ3n) is 4.13. The van der Waals surface area contributed by atoms with Crippen molar-refractivity contribution in [2.45, 2.75) is 19.1 Å². The molecule has 0 aliphatic carbocycles. The van der Waals surface area contributed by atoms with Crippen molar-refractivity contribution in [1.29, 1.82) is 0 Å². The summed E-state index contributed by atoms with van der Waals surface area (Å²) in [6.07, 6.45) is 0. The molecule has 3 rings (SSSR count). The number of carbonyl (C=O) groups is 2. The van der Waals surface area contributed by atoms with E-state index < -0.39 is 0 Å². The first-order valence-corrected chi connectivity index (χ1v) is 9.50. The highest BCUT2D eigenvalue weighted by Crippen LogP contribution is 2.40. The van der Waals surface area contributed by atoms with E-state index in [0.29, 0.717) is 21.7 Å². The highest BCUT2D eigenvalue weighted by atomic mass is 32.2. The fourth-order valence-corrected chi connectivity index (χ4v) is 3.86. The number of nitrogens with zero attached hydrogens (tertiary/aromatic N) is 2. The number of thioether (sulfide) groups is 1. The van der Waals surface area contributed by atoms with E-state index in [-0.39, 0.29) is 22.9 Å². The summed E-state index contributed by atoms with van der Waals surface area (Å²) in [6.45, 7) is 3.93. The van der Waals surface area contributed by atoms with Crippen LogP contribution in [0.25, 0.3) is 5.57 Å². The summed E-state index contributed by atoms with van der Waals surface area (Å²) in [6, 6.07) is 12.9. The Kier molecular flexibility index (Phi) is 5.37. The maximum atomic E-state index is 13.3. The lowest BCUT2D eigenvalue weighted by Gasteiger charge is -2.19. The Balaban J connectivity index is 2.09. The molecular weight excluding hydrogens is 363 g/mol. The van der Waals surface area contributed by atoms with Gasteiger partial charge in [-0.05, 0) is 35.9 Å². The number of anilines is 2. The van der Waals surface area contributed by atoms with Crippen LogP contribution < -0.4 is 9.80 Å². The third-order valence-corrected chi connectivity index (χ3v) is 5.22. The molecule has 2 aromatic carbocycles. The van der Waals surface area contributed by atoms with Gasteiger partial charge in [-0.2, -0.15) is 0 Å². The predicted molar refractivity (Wildman–Crippen MR) is 109 cm³/mol. The van der Waals surface area contributed by atoms with Crippen molar-refractivity contribution in [3.63, 3.8) is 0 Å². The first-order valence-electron chi connectivity index (χ1n) is 8.62. The molecular formula is C21H21FN2O2S. The number of imide groups is 1. The molecule has 0 N–H and O–H groups in total. The Labute approximate surface area is 162 Å². The topological polar surface area (TPSA) is 40.6 Å². The molecule has 0 fully saturated rings. The number of rotatable bonds is 5. The summed E-state index contributed by atoms with van der Waals surface area (Å²) < 4.78 is 13.3. The number of hydrogen-bond donors (Lipinski definition) is 0. The van der Waals surface area contributed by atoms with E-state index in [1.54, 1.807) is 12.1 Å². The number of hydrogen-bond acceptors (Lipinski definition) is 4. The molecule has 0 radical (unpaired) electrons. The molecule has 0 saturated heterocycles. The van der Waals surface area contributed by atoms with Gasteiger partial charge in [0.1, 0.15) is 5.82 Å². The molecule has 27 heavy (non-hydrogen) atoms. The van der Waals surface area contributed by atoms with E-state index in [2.05, 4.69) is 0 Å². The number of carbonyl (C=O) groups excluding carboxylic acids is 2. The maximum absolute atomic E-state index is 13.3. The van der Waals surface area contributed by atoms with Crippen LogP contribution in [0, 0.1) is 5.82 Å². The molecule has 2 amide bonds. The Morgan fingerprint density at radius 2 is 1.67 bits per heavy atom. The van der Waals surface area contributed by atoms with Gasteiger partial charge >= 0.3 is 0 Å². The van der Waals surface area contributed by atoms with E-state index in [0.717, 1.165) is 5.69 Å². The zero-order chi connectivity index (χ0) is 19.7. The largest absolute Gasteiger partial charge is 0.378 e. The molecule has 4 nitrogen and oxygen atoms in total. The van der Waals surface area contributed by atoms with E-state index in [1.165, 1.54) is 40.9 Å². The minimum Gasteiger partial charge on any atom is -0.378 e. The lowest BCUT2D eigenvalue weighted by Crippen LogP contribution is -2.31. The number of benzene rings is 2. The van der Waals surface area contributed by atoms with E-state index in [1.807, 2.05) is 45.0 Å². The van der Waals surface area contributed by atoms with E-state index >= 15 is 0 Å². The minimum atomic E-state index is -0.385. The smallest absolute Gasteiger partial charge is 0.272 e. The molecule has 0 bridgehead atoms. The van der Waals surface area contributed by atoms with Crippen LogP contribution in [0.15, 0.2) is 53.4 Å². The summed E-state index contributed by atoms with van der Waals surface area (Å²) in [5.74, 6) is -1.11. The highest BCUT2D eigenvalue weighted by Gasteiger charge is 2.40. The Morgan fingerprint density at radius 1 is 1.00 bits per heavy atom. The van der Waals surface area contributed by atoms with Gasteiger partial charge in [0.25, 0.3) is 11.8 Å². The van der Waals surface area contributed by atoms with Gasteiger partial charge in [0.05, 0.1) is 16.2 Å². The Morgan fingerprint density at radius 3 is 2.26 bits per heavy atom. The van der Waals surface area contributed by atoms with Gasteiger partial charge in [-0.25, -0.2) is 9.29 Å². The van der Waals surface area contributed by atoms with Crippen LogP contribution in [0.5, 0.6) is 0 Å². The predicted octanol–water partition coefficient (Wildman–Crippen LogP) is 4.32. The van der Waals surface area contributed by atoms with Crippen LogP contribution in [0.2, 0.25) is 0 Å².